The van der Waals surface area contributed by atoms with Crippen LogP contribution in [0.3, 0.4) is 0 Å². The molecular formula is C6H7N3O. The van der Waals surface area contributed by atoms with Crippen LogP contribution in [0.2, 0.25) is 0 Å². The van der Waals surface area contributed by atoms with E-state index in [4.69, 9.17) is 5.21 Å². The lowest BCUT2D eigenvalue weighted by Gasteiger charge is -2.16. The van der Waals surface area contributed by atoms with Gasteiger partial charge in [0.1, 0.15) is 0 Å². The monoisotopic (exact) mass is 137 g/mol. The molecule has 0 atom stereocenters. The average Bonchev–Trinajstić information content (AvgIpc) is 2.36. The van der Waals surface area contributed by atoms with Crippen molar-refractivity contribution in [1.29, 1.82) is 0 Å². The Kier molecular flexibility index (Phi) is 1.01. The summed E-state index contributed by atoms with van der Waals surface area (Å²) in [6.45, 7) is 0.736. The standard InChI is InChI=1S/C6H7N3O/c10-9-6-2-1-4-8(6)5-3-7-9/h1-4,10H,5H2. The fraction of sp³-hybridized carbons (Fsp3) is 0.167. The predicted molar refractivity (Wildman–Crippen MR) is 37.2 cm³/mol. The predicted octanol–water partition coefficient (Wildman–Crippen LogP) is 0.683. The van der Waals surface area contributed by atoms with Crippen LogP contribution in [0.4, 0.5) is 5.82 Å². The summed E-state index contributed by atoms with van der Waals surface area (Å²) in [5, 5.41) is 13.6. The maximum absolute atomic E-state index is 9.06. The first-order valence-electron chi connectivity index (χ1n) is 3.04. The molecule has 0 unspecified atom stereocenters. The normalized spacial score (nSPS) is 15.5. The Balaban J connectivity index is 2.48. The van der Waals surface area contributed by atoms with Crippen molar-refractivity contribution >= 4 is 12.0 Å². The SMILES string of the molecule is ON1N=CCn2cccc21. The van der Waals surface area contributed by atoms with Gasteiger partial charge in [-0.2, -0.15) is 5.10 Å². The molecule has 52 valence electrons. The second-order valence-electron chi connectivity index (χ2n) is 2.11. The minimum atomic E-state index is 0.711. The van der Waals surface area contributed by atoms with E-state index in [-0.39, 0.29) is 0 Å². The highest BCUT2D eigenvalue weighted by molar-refractivity contribution is 5.62. The molecule has 4 nitrogen and oxygen atoms in total. The smallest absolute Gasteiger partial charge is 0.159 e. The lowest BCUT2D eigenvalue weighted by atomic mass is 10.6. The average molecular weight is 137 g/mol. The Bertz CT molecular complexity index is 266. The van der Waals surface area contributed by atoms with Gasteiger partial charge < -0.3 is 4.57 Å². The van der Waals surface area contributed by atoms with Crippen LogP contribution in [0.5, 0.6) is 0 Å². The Morgan fingerprint density at radius 2 is 2.50 bits per heavy atom. The second-order valence-corrected chi connectivity index (χ2v) is 2.11. The van der Waals surface area contributed by atoms with Crippen LogP contribution in [0.1, 0.15) is 0 Å². The maximum Gasteiger partial charge on any atom is 0.159 e. The zero-order chi connectivity index (χ0) is 6.97. The largest absolute Gasteiger partial charge is 0.326 e. The summed E-state index contributed by atoms with van der Waals surface area (Å²) in [6, 6.07) is 3.67. The summed E-state index contributed by atoms with van der Waals surface area (Å²) in [7, 11) is 0. The van der Waals surface area contributed by atoms with Crippen LogP contribution in [-0.2, 0) is 6.54 Å². The van der Waals surface area contributed by atoms with E-state index >= 15 is 0 Å². The van der Waals surface area contributed by atoms with Gasteiger partial charge in [0.25, 0.3) is 0 Å². The van der Waals surface area contributed by atoms with Gasteiger partial charge in [-0.1, -0.05) is 0 Å². The third-order valence-electron chi connectivity index (χ3n) is 1.48. The van der Waals surface area contributed by atoms with Gasteiger partial charge in [0, 0.05) is 12.4 Å². The van der Waals surface area contributed by atoms with Gasteiger partial charge in [0.05, 0.1) is 6.54 Å². The van der Waals surface area contributed by atoms with Crippen LogP contribution in [-0.4, -0.2) is 16.0 Å². The second kappa shape index (κ2) is 1.85. The first-order chi connectivity index (χ1) is 4.88. The van der Waals surface area contributed by atoms with Gasteiger partial charge in [-0.15, -0.1) is 5.17 Å². The molecule has 4 heteroatoms. The third kappa shape index (κ3) is 0.625. The van der Waals surface area contributed by atoms with Gasteiger partial charge in [-0.05, 0) is 12.1 Å². The van der Waals surface area contributed by atoms with Crippen molar-refractivity contribution in [3.05, 3.63) is 18.3 Å². The number of hydrazone groups is 1. The zero-order valence-electron chi connectivity index (χ0n) is 5.31. The minimum absolute atomic E-state index is 0.711. The van der Waals surface area contributed by atoms with Crippen LogP contribution in [0, 0.1) is 0 Å². The van der Waals surface area contributed by atoms with Crippen molar-refractivity contribution in [3.8, 4) is 0 Å². The van der Waals surface area contributed by atoms with E-state index in [0.29, 0.717) is 5.82 Å². The number of rotatable bonds is 0. The van der Waals surface area contributed by atoms with Crippen molar-refractivity contribution in [1.82, 2.24) is 4.57 Å². The Morgan fingerprint density at radius 1 is 1.60 bits per heavy atom. The van der Waals surface area contributed by atoms with Gasteiger partial charge in [0.15, 0.2) is 5.82 Å². The van der Waals surface area contributed by atoms with E-state index in [1.807, 2.05) is 16.8 Å². The van der Waals surface area contributed by atoms with Crippen LogP contribution < -0.4 is 5.17 Å². The maximum atomic E-state index is 9.06. The molecule has 0 saturated carbocycles. The topological polar surface area (TPSA) is 40.8 Å². The molecule has 10 heavy (non-hydrogen) atoms. The summed E-state index contributed by atoms with van der Waals surface area (Å²) >= 11 is 0. The summed E-state index contributed by atoms with van der Waals surface area (Å²) in [5.74, 6) is 0.711. The fourth-order valence-corrected chi connectivity index (χ4v) is 1.00. The molecule has 0 bridgehead atoms. The summed E-state index contributed by atoms with van der Waals surface area (Å²) < 4.78 is 1.90. The molecule has 1 N–H and O–H groups in total. The number of nitrogens with zero attached hydrogens (tertiary/aromatic N) is 3. The molecule has 1 aliphatic heterocycles. The van der Waals surface area contributed by atoms with E-state index in [2.05, 4.69) is 5.10 Å². The summed E-state index contributed by atoms with van der Waals surface area (Å²) in [4.78, 5) is 0. The molecule has 0 radical (unpaired) electrons. The van der Waals surface area contributed by atoms with Crippen molar-refractivity contribution < 1.29 is 5.21 Å². The third-order valence-corrected chi connectivity index (χ3v) is 1.48. The first-order valence-corrected chi connectivity index (χ1v) is 3.04. The zero-order valence-corrected chi connectivity index (χ0v) is 5.31. The number of fused-ring (bicyclic) bond motifs is 1. The van der Waals surface area contributed by atoms with Crippen molar-refractivity contribution in [2.24, 2.45) is 5.10 Å². The lowest BCUT2D eigenvalue weighted by Crippen LogP contribution is -2.19. The quantitative estimate of drug-likeness (QED) is 0.571. The van der Waals surface area contributed by atoms with Gasteiger partial charge >= 0.3 is 0 Å². The van der Waals surface area contributed by atoms with Crippen molar-refractivity contribution in [2.75, 3.05) is 5.17 Å². The van der Waals surface area contributed by atoms with Crippen molar-refractivity contribution in [3.63, 3.8) is 0 Å². The highest BCUT2D eigenvalue weighted by Crippen LogP contribution is 2.15. The molecule has 2 heterocycles. The molecule has 0 aromatic carbocycles. The number of aromatic nitrogens is 1. The Hall–Kier alpha value is -1.29. The van der Waals surface area contributed by atoms with E-state index in [1.165, 1.54) is 0 Å². The summed E-state index contributed by atoms with van der Waals surface area (Å²) in [5.41, 5.74) is 0. The highest BCUT2D eigenvalue weighted by atomic mass is 16.5. The number of hydrogen-bond acceptors (Lipinski definition) is 3. The molecule has 2 rings (SSSR count). The van der Waals surface area contributed by atoms with Crippen molar-refractivity contribution in [2.45, 2.75) is 6.54 Å². The van der Waals surface area contributed by atoms with E-state index < -0.39 is 0 Å². The molecule has 1 aromatic rings. The molecule has 0 amide bonds. The first kappa shape index (κ1) is 5.49. The molecule has 1 aliphatic rings. The minimum Gasteiger partial charge on any atom is -0.326 e. The molecule has 1 aromatic heterocycles. The van der Waals surface area contributed by atoms with Crippen LogP contribution >= 0.6 is 0 Å². The molecule has 0 spiro atoms. The van der Waals surface area contributed by atoms with Crippen LogP contribution in [0.15, 0.2) is 23.4 Å². The van der Waals surface area contributed by atoms with Gasteiger partial charge in [-0.25, -0.2) is 0 Å². The molecule has 0 fully saturated rings. The van der Waals surface area contributed by atoms with Gasteiger partial charge in [-0.3, -0.25) is 5.21 Å². The molecule has 0 aliphatic carbocycles. The number of hydrogen-bond donors (Lipinski definition) is 1. The Labute approximate surface area is 57.9 Å². The van der Waals surface area contributed by atoms with E-state index in [1.54, 1.807) is 12.3 Å². The summed E-state index contributed by atoms with van der Waals surface area (Å²) in [6.07, 6.45) is 3.54. The highest BCUT2D eigenvalue weighted by Gasteiger charge is 2.08. The fourth-order valence-electron chi connectivity index (χ4n) is 1.00. The Morgan fingerprint density at radius 3 is 3.30 bits per heavy atom. The molecular weight excluding hydrogens is 130 g/mol. The van der Waals surface area contributed by atoms with Gasteiger partial charge in [0.2, 0.25) is 0 Å². The number of anilines is 1. The van der Waals surface area contributed by atoms with E-state index in [9.17, 15) is 0 Å². The van der Waals surface area contributed by atoms with E-state index in [0.717, 1.165) is 11.7 Å². The molecule has 0 saturated heterocycles. The van der Waals surface area contributed by atoms with Crippen LogP contribution in [0.25, 0.3) is 0 Å². The lowest BCUT2D eigenvalue weighted by molar-refractivity contribution is 0.250.